The smallest absolute Gasteiger partial charge is 0.0604 e. The maximum atomic E-state index is 4.57. The van der Waals surface area contributed by atoms with Crippen LogP contribution in [-0.4, -0.2) is 12.0 Å². The van der Waals surface area contributed by atoms with Crippen LogP contribution in [0.5, 0.6) is 0 Å². The topological polar surface area (TPSA) is 24.9 Å². The summed E-state index contributed by atoms with van der Waals surface area (Å²) in [6.07, 6.45) is 10.9. The SMILES string of the molecule is CCCCCCCC(NC)c1ncccc1CC. The molecule has 1 atom stereocenters. The number of aryl methyl sites for hydroxylation is 1. The van der Waals surface area contributed by atoms with Gasteiger partial charge in [-0.05, 0) is 31.5 Å². The van der Waals surface area contributed by atoms with E-state index in [0.717, 1.165) is 6.42 Å². The summed E-state index contributed by atoms with van der Waals surface area (Å²) >= 11 is 0. The van der Waals surface area contributed by atoms with Gasteiger partial charge in [0.2, 0.25) is 0 Å². The van der Waals surface area contributed by atoms with Crippen molar-refractivity contribution in [1.82, 2.24) is 10.3 Å². The number of pyridine rings is 1. The second-order valence-corrected chi connectivity index (χ2v) is 4.95. The van der Waals surface area contributed by atoms with E-state index in [1.54, 1.807) is 0 Å². The lowest BCUT2D eigenvalue weighted by molar-refractivity contribution is 0.489. The average molecular weight is 248 g/mol. The minimum Gasteiger partial charge on any atom is -0.312 e. The molecule has 0 saturated heterocycles. The summed E-state index contributed by atoms with van der Waals surface area (Å²) in [4.78, 5) is 4.57. The van der Waals surface area contributed by atoms with Gasteiger partial charge in [-0.25, -0.2) is 0 Å². The van der Waals surface area contributed by atoms with Crippen molar-refractivity contribution in [2.45, 2.75) is 64.8 Å². The Bertz CT molecular complexity index is 323. The van der Waals surface area contributed by atoms with Gasteiger partial charge in [-0.15, -0.1) is 0 Å². The fraction of sp³-hybridized carbons (Fsp3) is 0.688. The van der Waals surface area contributed by atoms with E-state index < -0.39 is 0 Å². The zero-order valence-electron chi connectivity index (χ0n) is 12.2. The van der Waals surface area contributed by atoms with E-state index >= 15 is 0 Å². The molecule has 2 nitrogen and oxygen atoms in total. The molecule has 0 aromatic carbocycles. The molecule has 2 heteroatoms. The summed E-state index contributed by atoms with van der Waals surface area (Å²) in [6, 6.07) is 4.66. The lowest BCUT2D eigenvalue weighted by atomic mass is 9.99. The van der Waals surface area contributed by atoms with Crippen LogP contribution < -0.4 is 5.32 Å². The highest BCUT2D eigenvalue weighted by atomic mass is 14.9. The summed E-state index contributed by atoms with van der Waals surface area (Å²) in [5.41, 5.74) is 2.63. The van der Waals surface area contributed by atoms with Crippen molar-refractivity contribution >= 4 is 0 Å². The van der Waals surface area contributed by atoms with Gasteiger partial charge in [0, 0.05) is 12.2 Å². The zero-order chi connectivity index (χ0) is 13.2. The first-order valence-electron chi connectivity index (χ1n) is 7.44. The molecule has 0 amide bonds. The molecule has 0 bridgehead atoms. The fourth-order valence-electron chi connectivity index (χ4n) is 2.43. The molecule has 0 aliphatic carbocycles. The molecule has 0 fully saturated rings. The van der Waals surface area contributed by atoms with Gasteiger partial charge < -0.3 is 5.32 Å². The van der Waals surface area contributed by atoms with Crippen LogP contribution in [0.2, 0.25) is 0 Å². The van der Waals surface area contributed by atoms with Gasteiger partial charge in [-0.3, -0.25) is 4.98 Å². The van der Waals surface area contributed by atoms with E-state index in [-0.39, 0.29) is 0 Å². The predicted octanol–water partition coefficient (Wildman–Crippen LogP) is 4.27. The highest BCUT2D eigenvalue weighted by molar-refractivity contribution is 5.22. The summed E-state index contributed by atoms with van der Waals surface area (Å²) in [7, 11) is 2.05. The van der Waals surface area contributed by atoms with E-state index in [0.29, 0.717) is 6.04 Å². The number of aromatic nitrogens is 1. The third-order valence-electron chi connectivity index (χ3n) is 3.58. The molecule has 1 rings (SSSR count). The van der Waals surface area contributed by atoms with E-state index in [1.165, 1.54) is 49.8 Å². The van der Waals surface area contributed by atoms with Crippen molar-refractivity contribution in [3.05, 3.63) is 29.6 Å². The Morgan fingerprint density at radius 2 is 1.94 bits per heavy atom. The van der Waals surface area contributed by atoms with Crippen molar-refractivity contribution in [2.24, 2.45) is 0 Å². The van der Waals surface area contributed by atoms with Crippen LogP contribution in [0.15, 0.2) is 18.3 Å². The first kappa shape index (κ1) is 15.2. The summed E-state index contributed by atoms with van der Waals surface area (Å²) in [5, 5.41) is 3.42. The summed E-state index contributed by atoms with van der Waals surface area (Å²) in [6.45, 7) is 4.46. The molecule has 1 unspecified atom stereocenters. The molecule has 1 aromatic heterocycles. The molecule has 18 heavy (non-hydrogen) atoms. The van der Waals surface area contributed by atoms with Crippen LogP contribution in [0.3, 0.4) is 0 Å². The van der Waals surface area contributed by atoms with E-state index in [4.69, 9.17) is 0 Å². The second-order valence-electron chi connectivity index (χ2n) is 4.95. The van der Waals surface area contributed by atoms with Gasteiger partial charge in [0.05, 0.1) is 5.69 Å². The Morgan fingerprint density at radius 3 is 2.61 bits per heavy atom. The van der Waals surface area contributed by atoms with Crippen LogP contribution in [-0.2, 0) is 6.42 Å². The first-order valence-corrected chi connectivity index (χ1v) is 7.44. The van der Waals surface area contributed by atoms with Crippen LogP contribution in [0.1, 0.15) is 69.7 Å². The van der Waals surface area contributed by atoms with Crippen molar-refractivity contribution in [1.29, 1.82) is 0 Å². The van der Waals surface area contributed by atoms with E-state index in [2.05, 4.69) is 30.2 Å². The highest BCUT2D eigenvalue weighted by Crippen LogP contribution is 2.21. The third kappa shape index (κ3) is 4.77. The standard InChI is InChI=1S/C16H28N2/c1-4-6-7-8-9-12-15(17-3)16-14(5-2)11-10-13-18-16/h10-11,13,15,17H,4-9,12H2,1-3H3. The van der Waals surface area contributed by atoms with Crippen molar-refractivity contribution < 1.29 is 0 Å². The lowest BCUT2D eigenvalue weighted by Crippen LogP contribution is -2.19. The number of nitrogens with zero attached hydrogens (tertiary/aromatic N) is 1. The third-order valence-corrected chi connectivity index (χ3v) is 3.58. The van der Waals surface area contributed by atoms with E-state index in [9.17, 15) is 0 Å². The Hall–Kier alpha value is -0.890. The first-order chi connectivity index (χ1) is 8.83. The number of nitrogens with one attached hydrogen (secondary N) is 1. The Labute approximate surface area is 112 Å². The molecule has 0 aliphatic heterocycles. The van der Waals surface area contributed by atoms with Gasteiger partial charge in [0.1, 0.15) is 0 Å². The number of hydrogen-bond acceptors (Lipinski definition) is 2. The fourth-order valence-corrected chi connectivity index (χ4v) is 2.43. The molecular weight excluding hydrogens is 220 g/mol. The molecule has 1 heterocycles. The minimum absolute atomic E-state index is 0.419. The Kier molecular flexibility index (Phi) is 7.66. The van der Waals surface area contributed by atoms with E-state index in [1.807, 2.05) is 19.3 Å². The summed E-state index contributed by atoms with van der Waals surface area (Å²) in [5.74, 6) is 0. The maximum Gasteiger partial charge on any atom is 0.0604 e. The zero-order valence-corrected chi connectivity index (χ0v) is 12.2. The number of unbranched alkanes of at least 4 members (excludes halogenated alkanes) is 4. The van der Waals surface area contributed by atoms with Gasteiger partial charge in [-0.1, -0.05) is 52.0 Å². The van der Waals surface area contributed by atoms with Crippen LogP contribution in [0, 0.1) is 0 Å². The van der Waals surface area contributed by atoms with Gasteiger partial charge >= 0.3 is 0 Å². The van der Waals surface area contributed by atoms with Gasteiger partial charge in [-0.2, -0.15) is 0 Å². The van der Waals surface area contributed by atoms with Crippen LogP contribution in [0.4, 0.5) is 0 Å². The van der Waals surface area contributed by atoms with Crippen molar-refractivity contribution in [2.75, 3.05) is 7.05 Å². The van der Waals surface area contributed by atoms with Crippen molar-refractivity contribution in [3.63, 3.8) is 0 Å². The molecule has 0 saturated carbocycles. The predicted molar refractivity (Wildman–Crippen MR) is 78.8 cm³/mol. The molecule has 1 aromatic rings. The number of rotatable bonds is 9. The monoisotopic (exact) mass is 248 g/mol. The quantitative estimate of drug-likeness (QED) is 0.660. The molecule has 0 spiro atoms. The van der Waals surface area contributed by atoms with Crippen LogP contribution >= 0.6 is 0 Å². The molecule has 1 N–H and O–H groups in total. The highest BCUT2D eigenvalue weighted by Gasteiger charge is 2.13. The molecular formula is C16H28N2. The maximum absolute atomic E-state index is 4.57. The summed E-state index contributed by atoms with van der Waals surface area (Å²) < 4.78 is 0. The Balaban J connectivity index is 2.49. The average Bonchev–Trinajstić information content (AvgIpc) is 2.43. The van der Waals surface area contributed by atoms with Gasteiger partial charge in [0.15, 0.2) is 0 Å². The molecule has 102 valence electrons. The normalized spacial score (nSPS) is 12.6. The van der Waals surface area contributed by atoms with Gasteiger partial charge in [0.25, 0.3) is 0 Å². The minimum atomic E-state index is 0.419. The Morgan fingerprint density at radius 1 is 1.17 bits per heavy atom. The van der Waals surface area contributed by atoms with Crippen molar-refractivity contribution in [3.8, 4) is 0 Å². The largest absolute Gasteiger partial charge is 0.312 e. The second kappa shape index (κ2) is 9.09. The number of hydrogen-bond donors (Lipinski definition) is 1. The van der Waals surface area contributed by atoms with Crippen LogP contribution in [0.25, 0.3) is 0 Å². The lowest BCUT2D eigenvalue weighted by Gasteiger charge is -2.18. The molecule has 0 radical (unpaired) electrons. The molecule has 0 aliphatic rings.